The molecule has 0 aromatic rings. The number of aliphatic hydroxyl groups excluding tert-OH is 2. The Morgan fingerprint density at radius 3 is 2.69 bits per heavy atom. The summed E-state index contributed by atoms with van der Waals surface area (Å²) in [5.41, 5.74) is 0. The third kappa shape index (κ3) is 3.41. The van der Waals surface area contributed by atoms with E-state index in [2.05, 4.69) is 9.74 Å². The molecular weight excluding hydrogens is 194 g/mol. The molecule has 0 spiro atoms. The quantitative estimate of drug-likeness (QED) is 0.290. The molecule has 7 heteroatoms. The molecule has 0 aliphatic carbocycles. The molecular formula is C6H13NO5Si. The van der Waals surface area contributed by atoms with E-state index < -0.39 is 33.9 Å². The number of carbonyl (C=O) groups excluding carboxylic acids is 1. The molecule has 6 nitrogen and oxygen atoms in total. The Morgan fingerprint density at radius 2 is 2.23 bits per heavy atom. The maximum Gasteiger partial charge on any atom is 0.309 e. The van der Waals surface area contributed by atoms with Crippen LogP contribution in [0.1, 0.15) is 12.8 Å². The second-order valence-corrected chi connectivity index (χ2v) is 4.28. The lowest BCUT2D eigenvalue weighted by Crippen LogP contribution is -2.38. The summed E-state index contributed by atoms with van der Waals surface area (Å²) in [6.45, 7) is 0. The van der Waals surface area contributed by atoms with E-state index in [4.69, 9.17) is 15.3 Å². The number of aliphatic hydroxyl groups is 3. The van der Waals surface area contributed by atoms with Crippen LogP contribution < -0.4 is 5.32 Å². The van der Waals surface area contributed by atoms with E-state index in [0.717, 1.165) is 0 Å². The van der Waals surface area contributed by atoms with Crippen LogP contribution in [0.5, 0.6) is 0 Å². The summed E-state index contributed by atoms with van der Waals surface area (Å²) in [5.74, 6) is -2.01. The summed E-state index contributed by atoms with van der Waals surface area (Å²) in [6, 6.07) is -0.499. The normalized spacial score (nSPS) is 28.9. The Balaban J connectivity index is 2.24. The Bertz CT molecular complexity index is 188. The van der Waals surface area contributed by atoms with Crippen molar-refractivity contribution in [3.63, 3.8) is 0 Å². The monoisotopic (exact) mass is 207 g/mol. The number of nitrogens with one attached hydrogen (secondary N) is 1. The van der Waals surface area contributed by atoms with Crippen molar-refractivity contribution in [3.05, 3.63) is 0 Å². The Morgan fingerprint density at radius 1 is 1.54 bits per heavy atom. The summed E-state index contributed by atoms with van der Waals surface area (Å²) < 4.78 is 4.66. The smallest absolute Gasteiger partial charge is 0.309 e. The van der Waals surface area contributed by atoms with Crippen molar-refractivity contribution in [2.75, 3.05) is 0 Å². The zero-order valence-corrected chi connectivity index (χ0v) is 8.43. The standard InChI is InChI=1S/C6H13NO5Si/c8-4-2-1-3(7-4)5(9)12-13-6(10)11/h3-4,6-8,10-11H,1-2,13H2/t3-,4?/m0/s1. The minimum Gasteiger partial charge on any atom is -0.518 e. The van der Waals surface area contributed by atoms with Gasteiger partial charge in [0.15, 0.2) is 5.91 Å². The molecule has 1 saturated heterocycles. The molecule has 1 aliphatic heterocycles. The van der Waals surface area contributed by atoms with Crippen molar-refractivity contribution in [1.29, 1.82) is 0 Å². The fraction of sp³-hybridized carbons (Fsp3) is 0.833. The second-order valence-electron chi connectivity index (χ2n) is 2.92. The molecule has 0 aromatic heterocycles. The van der Waals surface area contributed by atoms with E-state index >= 15 is 0 Å². The second kappa shape index (κ2) is 4.68. The Labute approximate surface area is 77.5 Å². The van der Waals surface area contributed by atoms with Crippen molar-refractivity contribution in [2.24, 2.45) is 0 Å². The molecule has 0 radical (unpaired) electrons. The van der Waals surface area contributed by atoms with Gasteiger partial charge in [-0.2, -0.15) is 0 Å². The van der Waals surface area contributed by atoms with Crippen LogP contribution in [0.15, 0.2) is 0 Å². The third-order valence-electron chi connectivity index (χ3n) is 1.78. The molecule has 0 saturated carbocycles. The maximum absolute atomic E-state index is 11.1. The predicted molar refractivity (Wildman–Crippen MR) is 45.0 cm³/mol. The summed E-state index contributed by atoms with van der Waals surface area (Å²) in [6.07, 6.45) is 0.386. The maximum atomic E-state index is 11.1. The topological polar surface area (TPSA) is 99.0 Å². The molecule has 0 bridgehead atoms. The largest absolute Gasteiger partial charge is 0.518 e. The van der Waals surface area contributed by atoms with Crippen LogP contribution in [-0.2, 0) is 9.22 Å². The van der Waals surface area contributed by atoms with Crippen LogP contribution in [0.3, 0.4) is 0 Å². The van der Waals surface area contributed by atoms with E-state index in [1.165, 1.54) is 0 Å². The minimum absolute atomic E-state index is 0.499. The first kappa shape index (κ1) is 10.6. The first-order chi connectivity index (χ1) is 6.09. The molecule has 1 fully saturated rings. The highest BCUT2D eigenvalue weighted by Gasteiger charge is 2.28. The fourth-order valence-corrected chi connectivity index (χ4v) is 1.68. The van der Waals surface area contributed by atoms with Crippen molar-refractivity contribution < 1.29 is 24.5 Å². The molecule has 2 atom stereocenters. The first-order valence-electron chi connectivity index (χ1n) is 4.06. The van der Waals surface area contributed by atoms with Gasteiger partial charge in [0.1, 0.15) is 12.3 Å². The summed E-state index contributed by atoms with van der Waals surface area (Å²) in [5, 5.41) is 28.6. The molecule has 76 valence electrons. The van der Waals surface area contributed by atoms with Crippen LogP contribution in [0.25, 0.3) is 0 Å². The van der Waals surface area contributed by atoms with E-state index in [1.54, 1.807) is 0 Å². The molecule has 4 N–H and O–H groups in total. The average molecular weight is 207 g/mol. The van der Waals surface area contributed by atoms with Crippen molar-refractivity contribution >= 4 is 15.7 Å². The zero-order valence-electron chi connectivity index (χ0n) is 7.01. The van der Waals surface area contributed by atoms with Crippen LogP contribution >= 0.6 is 0 Å². The van der Waals surface area contributed by atoms with Gasteiger partial charge in [0.05, 0.1) is 0 Å². The molecule has 1 aliphatic rings. The summed E-state index contributed by atoms with van der Waals surface area (Å²) in [7, 11) is -1.61. The van der Waals surface area contributed by atoms with Crippen molar-refractivity contribution in [2.45, 2.75) is 31.0 Å². The summed E-state index contributed by atoms with van der Waals surface area (Å²) in [4.78, 5) is 11.1. The molecule has 1 unspecified atom stereocenters. The molecule has 0 aromatic carbocycles. The third-order valence-corrected chi connectivity index (χ3v) is 2.53. The Kier molecular flexibility index (Phi) is 3.82. The number of rotatable bonds is 3. The van der Waals surface area contributed by atoms with Gasteiger partial charge in [-0.05, 0) is 12.8 Å². The number of hydrogen-bond donors (Lipinski definition) is 4. The van der Waals surface area contributed by atoms with Gasteiger partial charge in [-0.15, -0.1) is 0 Å². The number of carbonyl (C=O) groups is 1. The van der Waals surface area contributed by atoms with E-state index in [9.17, 15) is 4.79 Å². The average Bonchev–Trinajstić information content (AvgIpc) is 2.47. The molecule has 1 rings (SSSR count). The van der Waals surface area contributed by atoms with Gasteiger partial charge in [-0.1, -0.05) is 0 Å². The van der Waals surface area contributed by atoms with Gasteiger partial charge in [-0.25, -0.2) is 0 Å². The Hall–Kier alpha value is -0.473. The van der Waals surface area contributed by atoms with Gasteiger partial charge >= 0.3 is 5.97 Å². The minimum atomic E-state index is -1.61. The first-order valence-corrected chi connectivity index (χ1v) is 5.46. The number of hydrogen-bond acceptors (Lipinski definition) is 6. The lowest BCUT2D eigenvalue weighted by atomic mass is 10.2. The zero-order chi connectivity index (χ0) is 9.84. The van der Waals surface area contributed by atoms with E-state index in [0.29, 0.717) is 12.8 Å². The van der Waals surface area contributed by atoms with Crippen LogP contribution in [0.4, 0.5) is 0 Å². The van der Waals surface area contributed by atoms with Crippen LogP contribution in [0.2, 0.25) is 0 Å². The van der Waals surface area contributed by atoms with E-state index in [1.807, 2.05) is 0 Å². The van der Waals surface area contributed by atoms with E-state index in [-0.39, 0.29) is 0 Å². The highest BCUT2D eigenvalue weighted by atomic mass is 28.2. The van der Waals surface area contributed by atoms with Gasteiger partial charge < -0.3 is 19.7 Å². The van der Waals surface area contributed by atoms with Crippen LogP contribution in [0, 0.1) is 0 Å². The fourth-order valence-electron chi connectivity index (χ4n) is 1.17. The lowest BCUT2D eigenvalue weighted by Gasteiger charge is -2.11. The molecule has 0 amide bonds. The van der Waals surface area contributed by atoms with Crippen LogP contribution in [-0.4, -0.2) is 49.2 Å². The predicted octanol–water partition coefficient (Wildman–Crippen LogP) is -3.05. The highest BCUT2D eigenvalue weighted by molar-refractivity contribution is 6.31. The van der Waals surface area contributed by atoms with Crippen molar-refractivity contribution in [3.8, 4) is 0 Å². The van der Waals surface area contributed by atoms with Gasteiger partial charge in [-0.3, -0.25) is 10.1 Å². The molecule has 1 heterocycles. The lowest BCUT2D eigenvalue weighted by molar-refractivity contribution is -0.137. The van der Waals surface area contributed by atoms with Crippen molar-refractivity contribution in [1.82, 2.24) is 5.32 Å². The van der Waals surface area contributed by atoms with Gasteiger partial charge in [0, 0.05) is 0 Å². The highest BCUT2D eigenvalue weighted by Crippen LogP contribution is 2.10. The SMILES string of the molecule is O=C(O[SiH2]C(O)O)[C@@H]1CCC(O)N1. The van der Waals surface area contributed by atoms with Gasteiger partial charge in [0.25, 0.3) is 9.76 Å². The molecule has 13 heavy (non-hydrogen) atoms. The van der Waals surface area contributed by atoms with Gasteiger partial charge in [0.2, 0.25) is 0 Å². The summed E-state index contributed by atoms with van der Waals surface area (Å²) >= 11 is 0.